The van der Waals surface area contributed by atoms with Gasteiger partial charge in [-0.3, -0.25) is 4.79 Å². The Morgan fingerprint density at radius 2 is 1.81 bits per heavy atom. The Bertz CT molecular complexity index is 406. The summed E-state index contributed by atoms with van der Waals surface area (Å²) in [5.74, 6) is -0.733. The van der Waals surface area contributed by atoms with Crippen LogP contribution in [-0.4, -0.2) is 29.0 Å². The summed E-state index contributed by atoms with van der Waals surface area (Å²) < 4.78 is 12.7. The summed E-state index contributed by atoms with van der Waals surface area (Å²) in [6.45, 7) is 1.05. The van der Waals surface area contributed by atoms with Crippen molar-refractivity contribution in [1.82, 2.24) is 4.90 Å². The molecular weight excluding hydrogens is 209 g/mol. The van der Waals surface area contributed by atoms with E-state index in [0.717, 1.165) is 0 Å². The molecule has 1 amide bonds. The molecule has 0 aromatic heterocycles. The van der Waals surface area contributed by atoms with Crippen LogP contribution in [0.15, 0.2) is 36.4 Å². The largest absolute Gasteiger partial charge is 0.378 e. The second-order valence-electron chi connectivity index (χ2n) is 3.67. The second kappa shape index (κ2) is 4.45. The van der Waals surface area contributed by atoms with Gasteiger partial charge in [0.1, 0.15) is 5.82 Å². The van der Waals surface area contributed by atoms with Crippen LogP contribution in [0, 0.1) is 5.82 Å². The molecule has 0 bridgehead atoms. The van der Waals surface area contributed by atoms with Crippen LogP contribution in [0.5, 0.6) is 0 Å². The molecule has 1 aromatic carbocycles. The van der Waals surface area contributed by atoms with Crippen molar-refractivity contribution >= 4 is 5.91 Å². The van der Waals surface area contributed by atoms with Crippen LogP contribution in [-0.2, 0) is 4.79 Å². The SMILES string of the molecule is O=C(C(O)c1ccc(F)cc1)N1CC=CC1. The Balaban J connectivity index is 2.09. The van der Waals surface area contributed by atoms with Gasteiger partial charge < -0.3 is 10.0 Å². The molecule has 0 aliphatic carbocycles. The Labute approximate surface area is 92.8 Å². The van der Waals surface area contributed by atoms with Gasteiger partial charge in [-0.2, -0.15) is 0 Å². The fourth-order valence-electron chi connectivity index (χ4n) is 1.62. The number of hydrogen-bond donors (Lipinski definition) is 1. The minimum absolute atomic E-state index is 0.350. The molecule has 1 aliphatic rings. The highest BCUT2D eigenvalue weighted by atomic mass is 19.1. The number of benzene rings is 1. The molecule has 0 spiro atoms. The predicted molar refractivity (Wildman–Crippen MR) is 57.1 cm³/mol. The third-order valence-corrected chi connectivity index (χ3v) is 2.55. The zero-order chi connectivity index (χ0) is 11.5. The van der Waals surface area contributed by atoms with Crippen LogP contribution >= 0.6 is 0 Å². The van der Waals surface area contributed by atoms with Crippen molar-refractivity contribution in [2.45, 2.75) is 6.10 Å². The fourth-order valence-corrected chi connectivity index (χ4v) is 1.62. The van der Waals surface area contributed by atoms with Crippen molar-refractivity contribution in [2.75, 3.05) is 13.1 Å². The summed E-state index contributed by atoms with van der Waals surface area (Å²) >= 11 is 0. The van der Waals surface area contributed by atoms with Crippen molar-refractivity contribution in [3.05, 3.63) is 47.8 Å². The van der Waals surface area contributed by atoms with Gasteiger partial charge in [-0.05, 0) is 17.7 Å². The van der Waals surface area contributed by atoms with E-state index in [9.17, 15) is 14.3 Å². The Morgan fingerprint density at radius 3 is 2.38 bits per heavy atom. The normalized spacial score (nSPS) is 16.5. The van der Waals surface area contributed by atoms with E-state index in [1.165, 1.54) is 29.2 Å². The maximum Gasteiger partial charge on any atom is 0.256 e. The van der Waals surface area contributed by atoms with Crippen LogP contribution in [0.3, 0.4) is 0 Å². The van der Waals surface area contributed by atoms with E-state index in [-0.39, 0.29) is 11.7 Å². The number of carbonyl (C=O) groups is 1. The van der Waals surface area contributed by atoms with Crippen molar-refractivity contribution in [2.24, 2.45) is 0 Å². The molecule has 1 unspecified atom stereocenters. The maximum absolute atomic E-state index is 12.7. The molecule has 1 N–H and O–H groups in total. The molecule has 1 aromatic rings. The molecule has 0 fully saturated rings. The number of aliphatic hydroxyl groups excluding tert-OH is 1. The van der Waals surface area contributed by atoms with E-state index in [1.54, 1.807) is 0 Å². The molecule has 0 saturated carbocycles. The van der Waals surface area contributed by atoms with Gasteiger partial charge in [0.05, 0.1) is 0 Å². The highest BCUT2D eigenvalue weighted by Gasteiger charge is 2.23. The number of amides is 1. The second-order valence-corrected chi connectivity index (χ2v) is 3.67. The van der Waals surface area contributed by atoms with Gasteiger partial charge in [0, 0.05) is 13.1 Å². The van der Waals surface area contributed by atoms with Crippen LogP contribution in [0.4, 0.5) is 4.39 Å². The number of hydrogen-bond acceptors (Lipinski definition) is 2. The molecule has 0 radical (unpaired) electrons. The molecule has 0 saturated heterocycles. The van der Waals surface area contributed by atoms with Gasteiger partial charge in [0.25, 0.3) is 5.91 Å². The van der Waals surface area contributed by atoms with Crippen molar-refractivity contribution < 1.29 is 14.3 Å². The van der Waals surface area contributed by atoms with E-state index in [2.05, 4.69) is 0 Å². The minimum Gasteiger partial charge on any atom is -0.378 e. The van der Waals surface area contributed by atoms with Gasteiger partial charge >= 0.3 is 0 Å². The first-order chi connectivity index (χ1) is 7.68. The van der Waals surface area contributed by atoms with Crippen LogP contribution in [0.1, 0.15) is 11.7 Å². The van der Waals surface area contributed by atoms with Gasteiger partial charge in [0.15, 0.2) is 6.10 Å². The van der Waals surface area contributed by atoms with Crippen molar-refractivity contribution in [3.63, 3.8) is 0 Å². The van der Waals surface area contributed by atoms with E-state index in [1.807, 2.05) is 12.2 Å². The first kappa shape index (κ1) is 10.8. The summed E-state index contributed by atoms with van der Waals surface area (Å²) in [4.78, 5) is 13.3. The minimum atomic E-state index is -1.21. The van der Waals surface area contributed by atoms with E-state index < -0.39 is 6.10 Å². The average molecular weight is 221 g/mol. The van der Waals surface area contributed by atoms with Crippen LogP contribution in [0.25, 0.3) is 0 Å². The monoisotopic (exact) mass is 221 g/mol. The molecule has 4 heteroatoms. The molecular formula is C12H12FNO2. The first-order valence-corrected chi connectivity index (χ1v) is 5.06. The van der Waals surface area contributed by atoms with E-state index in [0.29, 0.717) is 18.7 Å². The summed E-state index contributed by atoms with van der Waals surface area (Å²) in [5, 5.41) is 9.80. The molecule has 3 nitrogen and oxygen atoms in total. The third kappa shape index (κ3) is 2.12. The van der Waals surface area contributed by atoms with E-state index in [4.69, 9.17) is 0 Å². The van der Waals surface area contributed by atoms with Gasteiger partial charge in [-0.1, -0.05) is 24.3 Å². The summed E-state index contributed by atoms with van der Waals surface area (Å²) in [6.07, 6.45) is 2.53. The van der Waals surface area contributed by atoms with Crippen LogP contribution in [0.2, 0.25) is 0 Å². The lowest BCUT2D eigenvalue weighted by Crippen LogP contribution is -2.33. The zero-order valence-corrected chi connectivity index (χ0v) is 8.64. The molecule has 1 heterocycles. The fraction of sp³-hybridized carbons (Fsp3) is 0.250. The molecule has 1 aliphatic heterocycles. The average Bonchev–Trinajstić information content (AvgIpc) is 2.81. The van der Waals surface area contributed by atoms with E-state index >= 15 is 0 Å². The quantitative estimate of drug-likeness (QED) is 0.764. The summed E-state index contributed by atoms with van der Waals surface area (Å²) in [7, 11) is 0. The Morgan fingerprint density at radius 1 is 1.25 bits per heavy atom. The smallest absolute Gasteiger partial charge is 0.256 e. The summed E-state index contributed by atoms with van der Waals surface area (Å²) in [6, 6.07) is 5.30. The summed E-state index contributed by atoms with van der Waals surface area (Å²) in [5.41, 5.74) is 0.415. The number of carbonyl (C=O) groups excluding carboxylic acids is 1. The number of halogens is 1. The van der Waals surface area contributed by atoms with Crippen molar-refractivity contribution in [3.8, 4) is 0 Å². The standard InChI is InChI=1S/C12H12FNO2/c13-10-5-3-9(4-6-10)11(15)12(16)14-7-1-2-8-14/h1-6,11,15H,7-8H2. The van der Waals surface area contributed by atoms with Crippen LogP contribution < -0.4 is 0 Å². The number of aliphatic hydroxyl groups is 1. The number of nitrogens with zero attached hydrogens (tertiary/aromatic N) is 1. The molecule has 2 rings (SSSR count). The van der Waals surface area contributed by atoms with Crippen molar-refractivity contribution in [1.29, 1.82) is 0 Å². The predicted octanol–water partition coefficient (Wildman–Crippen LogP) is 1.26. The lowest BCUT2D eigenvalue weighted by atomic mass is 10.1. The topological polar surface area (TPSA) is 40.5 Å². The first-order valence-electron chi connectivity index (χ1n) is 5.06. The number of rotatable bonds is 2. The lowest BCUT2D eigenvalue weighted by molar-refractivity contribution is -0.139. The highest BCUT2D eigenvalue weighted by molar-refractivity contribution is 5.82. The van der Waals surface area contributed by atoms with Gasteiger partial charge in [-0.15, -0.1) is 0 Å². The Hall–Kier alpha value is -1.68. The highest BCUT2D eigenvalue weighted by Crippen LogP contribution is 2.17. The molecule has 16 heavy (non-hydrogen) atoms. The molecule has 1 atom stereocenters. The zero-order valence-electron chi connectivity index (χ0n) is 8.64. The maximum atomic E-state index is 12.7. The third-order valence-electron chi connectivity index (χ3n) is 2.55. The Kier molecular flexibility index (Phi) is 3.01. The van der Waals surface area contributed by atoms with Gasteiger partial charge in [0.2, 0.25) is 0 Å². The van der Waals surface area contributed by atoms with Gasteiger partial charge in [-0.25, -0.2) is 4.39 Å². The lowest BCUT2D eigenvalue weighted by Gasteiger charge is -2.19. The molecule has 84 valence electrons.